The van der Waals surface area contributed by atoms with Crippen LogP contribution in [-0.4, -0.2) is 33.0 Å². The Morgan fingerprint density at radius 2 is 2.00 bits per heavy atom. The van der Waals surface area contributed by atoms with Gasteiger partial charge in [0.15, 0.2) is 5.82 Å². The molecule has 0 aliphatic rings. The molecular weight excluding hydrogens is 246 g/mol. The van der Waals surface area contributed by atoms with E-state index in [9.17, 15) is 4.79 Å². The molecule has 0 aliphatic carbocycles. The highest BCUT2D eigenvalue weighted by Gasteiger charge is 2.14. The molecule has 1 aromatic heterocycles. The number of carboxylic acid groups (broad SMARTS) is 1. The third-order valence-corrected chi connectivity index (χ3v) is 2.95. The van der Waals surface area contributed by atoms with Crippen LogP contribution >= 0.6 is 0 Å². The van der Waals surface area contributed by atoms with Crippen LogP contribution in [0.4, 0.5) is 0 Å². The van der Waals surface area contributed by atoms with E-state index in [1.54, 1.807) is 14.2 Å². The zero-order valence-electron chi connectivity index (χ0n) is 11.0. The number of rotatable bonds is 4. The van der Waals surface area contributed by atoms with Gasteiger partial charge in [0.2, 0.25) is 0 Å². The molecule has 0 saturated heterocycles. The van der Waals surface area contributed by atoms with E-state index in [1.807, 2.05) is 31.2 Å². The Morgan fingerprint density at radius 1 is 1.37 bits per heavy atom. The van der Waals surface area contributed by atoms with Gasteiger partial charge in [0.1, 0.15) is 0 Å². The van der Waals surface area contributed by atoms with Crippen LogP contribution in [-0.2, 0) is 11.8 Å². The molecule has 1 heterocycles. The Hall–Kier alpha value is -2.21. The van der Waals surface area contributed by atoms with Crippen LogP contribution in [0.5, 0.6) is 0 Å². The molecule has 0 bridgehead atoms. The number of aromatic nitrogens is 3. The smallest absolute Gasteiger partial charge is 0.375 e. The lowest BCUT2D eigenvalue weighted by molar-refractivity contribution is 0.0683. The minimum atomic E-state index is -1.13. The largest absolute Gasteiger partial charge is 0.475 e. The molecule has 19 heavy (non-hydrogen) atoms. The molecule has 0 unspecified atom stereocenters. The van der Waals surface area contributed by atoms with E-state index in [-0.39, 0.29) is 11.9 Å². The molecule has 2 rings (SSSR count). The quantitative estimate of drug-likeness (QED) is 0.909. The molecule has 0 aliphatic heterocycles. The number of methoxy groups -OCH3 is 1. The van der Waals surface area contributed by atoms with Gasteiger partial charge in [-0.3, -0.25) is 0 Å². The summed E-state index contributed by atoms with van der Waals surface area (Å²) in [6, 6.07) is 7.61. The average Bonchev–Trinajstić information content (AvgIpc) is 2.80. The second-order valence-corrected chi connectivity index (χ2v) is 4.19. The van der Waals surface area contributed by atoms with Crippen LogP contribution in [0.3, 0.4) is 0 Å². The Balaban J connectivity index is 2.34. The number of nitrogens with zero attached hydrogens (tertiary/aromatic N) is 3. The van der Waals surface area contributed by atoms with Gasteiger partial charge in [-0.2, -0.15) is 0 Å². The molecule has 0 amide bonds. The predicted molar refractivity (Wildman–Crippen MR) is 68.8 cm³/mol. The first-order valence-corrected chi connectivity index (χ1v) is 5.80. The summed E-state index contributed by atoms with van der Waals surface area (Å²) in [5.41, 5.74) is 1.86. The predicted octanol–water partition coefficient (Wildman–Crippen LogP) is 1.89. The maximum atomic E-state index is 10.8. The van der Waals surface area contributed by atoms with Crippen molar-refractivity contribution in [3.8, 4) is 11.4 Å². The van der Waals surface area contributed by atoms with Gasteiger partial charge in [-0.05, 0) is 12.5 Å². The van der Waals surface area contributed by atoms with Crippen LogP contribution in [0.2, 0.25) is 0 Å². The van der Waals surface area contributed by atoms with Crippen LogP contribution in [0.25, 0.3) is 11.4 Å². The highest BCUT2D eigenvalue weighted by Crippen LogP contribution is 2.21. The molecule has 0 saturated carbocycles. The van der Waals surface area contributed by atoms with Crippen LogP contribution < -0.4 is 0 Å². The Labute approximate surface area is 110 Å². The van der Waals surface area contributed by atoms with E-state index < -0.39 is 5.97 Å². The minimum Gasteiger partial charge on any atom is -0.475 e. The maximum Gasteiger partial charge on any atom is 0.375 e. The molecule has 1 aromatic carbocycles. The fraction of sp³-hybridized carbons (Fsp3) is 0.308. The Bertz CT molecular complexity index is 590. The second kappa shape index (κ2) is 5.19. The van der Waals surface area contributed by atoms with E-state index in [0.717, 1.165) is 11.1 Å². The van der Waals surface area contributed by atoms with Gasteiger partial charge in [0.25, 0.3) is 5.82 Å². The molecule has 1 N–H and O–H groups in total. The van der Waals surface area contributed by atoms with Gasteiger partial charge in [-0.15, -0.1) is 5.10 Å². The lowest BCUT2D eigenvalue weighted by atomic mass is 10.1. The average molecular weight is 261 g/mol. The van der Waals surface area contributed by atoms with E-state index in [1.165, 1.54) is 4.68 Å². The van der Waals surface area contributed by atoms with E-state index in [4.69, 9.17) is 9.84 Å². The van der Waals surface area contributed by atoms with Gasteiger partial charge in [-0.1, -0.05) is 24.3 Å². The summed E-state index contributed by atoms with van der Waals surface area (Å²) in [5.74, 6) is -0.813. The highest BCUT2D eigenvalue weighted by atomic mass is 16.5. The summed E-state index contributed by atoms with van der Waals surface area (Å²) in [6.45, 7) is 1.96. The Morgan fingerprint density at radius 3 is 2.47 bits per heavy atom. The monoisotopic (exact) mass is 261 g/mol. The topological polar surface area (TPSA) is 77.2 Å². The van der Waals surface area contributed by atoms with Gasteiger partial charge in [-0.25, -0.2) is 14.5 Å². The first-order chi connectivity index (χ1) is 9.02. The van der Waals surface area contributed by atoms with Gasteiger partial charge >= 0.3 is 5.97 Å². The third kappa shape index (κ3) is 2.63. The summed E-state index contributed by atoms with van der Waals surface area (Å²) in [4.78, 5) is 14.8. The molecule has 6 heteroatoms. The first kappa shape index (κ1) is 13.2. The van der Waals surface area contributed by atoms with Crippen molar-refractivity contribution in [2.24, 2.45) is 7.05 Å². The van der Waals surface area contributed by atoms with Crippen LogP contribution in [0.15, 0.2) is 24.3 Å². The molecular formula is C13H15N3O3. The second-order valence-electron chi connectivity index (χ2n) is 4.19. The molecule has 1 atom stereocenters. The van der Waals surface area contributed by atoms with Crippen molar-refractivity contribution < 1.29 is 14.6 Å². The molecule has 0 fully saturated rings. The molecule has 0 radical (unpaired) electrons. The van der Waals surface area contributed by atoms with Crippen molar-refractivity contribution in [2.75, 3.05) is 7.11 Å². The maximum absolute atomic E-state index is 10.8. The zero-order valence-corrected chi connectivity index (χ0v) is 11.0. The number of hydrogen-bond acceptors (Lipinski definition) is 4. The van der Waals surface area contributed by atoms with Crippen LogP contribution in [0.1, 0.15) is 29.2 Å². The number of aromatic carboxylic acids is 1. The zero-order chi connectivity index (χ0) is 14.0. The van der Waals surface area contributed by atoms with Crippen molar-refractivity contribution in [1.82, 2.24) is 14.8 Å². The summed E-state index contributed by atoms with van der Waals surface area (Å²) in [6.07, 6.45) is 0.0168. The van der Waals surface area contributed by atoms with Gasteiger partial charge < -0.3 is 9.84 Å². The summed E-state index contributed by atoms with van der Waals surface area (Å²) in [5, 5.41) is 12.7. The Kier molecular flexibility index (Phi) is 3.62. The van der Waals surface area contributed by atoms with Crippen molar-refractivity contribution in [3.63, 3.8) is 0 Å². The number of carbonyl (C=O) groups is 1. The van der Waals surface area contributed by atoms with E-state index >= 15 is 0 Å². The highest BCUT2D eigenvalue weighted by molar-refractivity contribution is 5.83. The van der Waals surface area contributed by atoms with Crippen molar-refractivity contribution in [1.29, 1.82) is 0 Å². The number of hydrogen-bond donors (Lipinski definition) is 1. The normalized spacial score (nSPS) is 12.4. The number of carboxylic acids is 1. The molecule has 2 aromatic rings. The summed E-state index contributed by atoms with van der Waals surface area (Å²) in [7, 11) is 3.32. The van der Waals surface area contributed by atoms with Crippen molar-refractivity contribution in [2.45, 2.75) is 13.0 Å². The van der Waals surface area contributed by atoms with E-state index in [0.29, 0.717) is 5.82 Å². The molecule has 100 valence electrons. The van der Waals surface area contributed by atoms with Gasteiger partial charge in [0.05, 0.1) is 6.10 Å². The first-order valence-electron chi connectivity index (χ1n) is 5.80. The number of benzene rings is 1. The lowest BCUT2D eigenvalue weighted by Gasteiger charge is -2.10. The number of aryl methyl sites for hydroxylation is 1. The van der Waals surface area contributed by atoms with Crippen LogP contribution in [0, 0.1) is 0 Å². The molecule has 6 nitrogen and oxygen atoms in total. The van der Waals surface area contributed by atoms with E-state index in [2.05, 4.69) is 10.1 Å². The van der Waals surface area contributed by atoms with Crippen molar-refractivity contribution in [3.05, 3.63) is 35.7 Å². The van der Waals surface area contributed by atoms with Crippen molar-refractivity contribution >= 4 is 5.97 Å². The lowest BCUT2D eigenvalue weighted by Crippen LogP contribution is -2.00. The fourth-order valence-electron chi connectivity index (χ4n) is 1.77. The third-order valence-electron chi connectivity index (χ3n) is 2.95. The van der Waals surface area contributed by atoms with Gasteiger partial charge in [0, 0.05) is 19.7 Å². The SMILES string of the molecule is CO[C@@H](C)c1ccc(-c2nc(C(=O)O)nn2C)cc1. The summed E-state index contributed by atoms with van der Waals surface area (Å²) >= 11 is 0. The molecule has 0 spiro atoms. The fourth-order valence-corrected chi connectivity index (χ4v) is 1.77. The standard InChI is InChI=1S/C13H15N3O3/c1-8(19-3)9-4-6-10(7-5-9)12-14-11(13(17)18)15-16(12)2/h4-8H,1-3H3,(H,17,18)/t8-/m0/s1. The number of ether oxygens (including phenoxy) is 1. The summed E-state index contributed by atoms with van der Waals surface area (Å²) < 4.78 is 6.69. The minimum absolute atomic E-state index is 0.0168.